The van der Waals surface area contributed by atoms with Gasteiger partial charge in [0.05, 0.1) is 22.8 Å². The minimum absolute atomic E-state index is 0.138. The second-order valence-electron chi connectivity index (χ2n) is 5.00. The first-order valence-electron chi connectivity index (χ1n) is 6.85. The van der Waals surface area contributed by atoms with Crippen molar-refractivity contribution in [1.82, 2.24) is 20.3 Å². The van der Waals surface area contributed by atoms with E-state index in [9.17, 15) is 0 Å². The molecule has 0 aliphatic rings. The first-order valence-corrected chi connectivity index (χ1v) is 6.85. The lowest BCUT2D eigenvalue weighted by molar-refractivity contribution is 0.472. The molecule has 3 aromatic rings. The molecule has 1 aromatic carbocycles. The van der Waals surface area contributed by atoms with E-state index < -0.39 is 0 Å². The average Bonchev–Trinajstić information content (AvgIpc) is 2.92. The van der Waals surface area contributed by atoms with Crippen molar-refractivity contribution in [3.63, 3.8) is 0 Å². The number of rotatable bonds is 4. The van der Waals surface area contributed by atoms with Gasteiger partial charge in [-0.25, -0.2) is 4.98 Å². The molecule has 2 N–H and O–H groups in total. The number of para-hydroxylation sites is 2. The summed E-state index contributed by atoms with van der Waals surface area (Å²) >= 11 is 0. The molecule has 20 heavy (non-hydrogen) atoms. The monoisotopic (exact) mass is 266 g/mol. The highest BCUT2D eigenvalue weighted by molar-refractivity contribution is 5.74. The van der Waals surface area contributed by atoms with Crippen molar-refractivity contribution >= 4 is 11.0 Å². The molecule has 0 aliphatic carbocycles. The molecule has 2 unspecified atom stereocenters. The van der Waals surface area contributed by atoms with E-state index in [1.54, 1.807) is 0 Å². The maximum absolute atomic E-state index is 4.62. The SMILES string of the molecule is CC(NC(C)c1nc2ccccc2[nH]1)c1ccccn1. The van der Waals surface area contributed by atoms with Gasteiger partial charge < -0.3 is 4.98 Å². The van der Waals surface area contributed by atoms with Gasteiger partial charge in [0.25, 0.3) is 0 Å². The predicted octanol–water partition coefficient (Wildman–Crippen LogP) is 3.37. The molecular formula is C16H18N4. The highest BCUT2D eigenvalue weighted by Crippen LogP contribution is 2.19. The molecule has 4 heteroatoms. The number of imidazole rings is 1. The van der Waals surface area contributed by atoms with Gasteiger partial charge in [0, 0.05) is 12.2 Å². The molecule has 2 aromatic heterocycles. The fourth-order valence-electron chi connectivity index (χ4n) is 2.35. The lowest BCUT2D eigenvalue weighted by Gasteiger charge is -2.17. The lowest BCUT2D eigenvalue weighted by Crippen LogP contribution is -2.24. The Morgan fingerprint density at radius 3 is 2.55 bits per heavy atom. The Hall–Kier alpha value is -2.20. The standard InChI is InChI=1S/C16H18N4/c1-11(13-7-5-6-10-17-13)18-12(2)16-19-14-8-3-4-9-15(14)20-16/h3-12,18H,1-2H3,(H,19,20). The Kier molecular flexibility index (Phi) is 3.48. The van der Waals surface area contributed by atoms with E-state index in [0.29, 0.717) is 0 Å². The van der Waals surface area contributed by atoms with E-state index in [-0.39, 0.29) is 12.1 Å². The van der Waals surface area contributed by atoms with Crippen LogP contribution in [-0.2, 0) is 0 Å². The summed E-state index contributed by atoms with van der Waals surface area (Å²) in [4.78, 5) is 12.4. The molecule has 4 nitrogen and oxygen atoms in total. The average molecular weight is 266 g/mol. The number of nitrogens with zero attached hydrogens (tertiary/aromatic N) is 2. The number of aromatic nitrogens is 3. The van der Waals surface area contributed by atoms with Gasteiger partial charge in [-0.1, -0.05) is 18.2 Å². The summed E-state index contributed by atoms with van der Waals surface area (Å²) in [6.07, 6.45) is 1.82. The van der Waals surface area contributed by atoms with Crippen LogP contribution >= 0.6 is 0 Å². The van der Waals surface area contributed by atoms with Crippen LogP contribution in [0.15, 0.2) is 48.7 Å². The number of aromatic amines is 1. The number of fused-ring (bicyclic) bond motifs is 1. The number of H-pyrrole nitrogens is 1. The van der Waals surface area contributed by atoms with Crippen LogP contribution in [0.25, 0.3) is 11.0 Å². The molecule has 2 heterocycles. The van der Waals surface area contributed by atoms with Crippen molar-refractivity contribution in [3.05, 3.63) is 60.2 Å². The van der Waals surface area contributed by atoms with Crippen molar-refractivity contribution in [2.75, 3.05) is 0 Å². The number of pyridine rings is 1. The van der Waals surface area contributed by atoms with E-state index in [1.807, 2.05) is 48.7 Å². The Balaban J connectivity index is 1.77. The molecule has 0 spiro atoms. The van der Waals surface area contributed by atoms with Gasteiger partial charge in [-0.15, -0.1) is 0 Å². The summed E-state index contributed by atoms with van der Waals surface area (Å²) < 4.78 is 0. The van der Waals surface area contributed by atoms with Crippen LogP contribution in [0.1, 0.15) is 37.4 Å². The molecular weight excluding hydrogens is 248 g/mol. The molecule has 102 valence electrons. The molecule has 0 fully saturated rings. The number of hydrogen-bond acceptors (Lipinski definition) is 3. The summed E-state index contributed by atoms with van der Waals surface area (Å²) in [5, 5.41) is 3.52. The zero-order valence-electron chi connectivity index (χ0n) is 11.7. The third-order valence-electron chi connectivity index (χ3n) is 3.45. The molecule has 0 saturated carbocycles. The minimum atomic E-state index is 0.138. The topological polar surface area (TPSA) is 53.6 Å². The molecule has 0 amide bonds. The van der Waals surface area contributed by atoms with Gasteiger partial charge in [0.1, 0.15) is 5.82 Å². The summed E-state index contributed by atoms with van der Waals surface area (Å²) in [5.41, 5.74) is 3.11. The van der Waals surface area contributed by atoms with Crippen LogP contribution in [0.3, 0.4) is 0 Å². The van der Waals surface area contributed by atoms with Crippen LogP contribution in [0.2, 0.25) is 0 Å². The van der Waals surface area contributed by atoms with Crippen LogP contribution in [0.4, 0.5) is 0 Å². The van der Waals surface area contributed by atoms with Crippen molar-refractivity contribution in [3.8, 4) is 0 Å². The Morgan fingerprint density at radius 2 is 1.80 bits per heavy atom. The van der Waals surface area contributed by atoms with E-state index in [1.165, 1.54) is 0 Å². The van der Waals surface area contributed by atoms with E-state index in [4.69, 9.17) is 0 Å². The van der Waals surface area contributed by atoms with Crippen molar-refractivity contribution in [2.24, 2.45) is 0 Å². The predicted molar refractivity (Wildman–Crippen MR) is 80.3 cm³/mol. The first kappa shape index (κ1) is 12.8. The summed E-state index contributed by atoms with van der Waals surface area (Å²) in [7, 11) is 0. The summed E-state index contributed by atoms with van der Waals surface area (Å²) in [6, 6.07) is 14.4. The van der Waals surface area contributed by atoms with Crippen molar-refractivity contribution < 1.29 is 0 Å². The van der Waals surface area contributed by atoms with Crippen LogP contribution in [0.5, 0.6) is 0 Å². The van der Waals surface area contributed by atoms with E-state index in [0.717, 1.165) is 22.6 Å². The van der Waals surface area contributed by atoms with Gasteiger partial charge >= 0.3 is 0 Å². The highest BCUT2D eigenvalue weighted by atomic mass is 15.0. The molecule has 0 aliphatic heterocycles. The summed E-state index contributed by atoms with van der Waals surface area (Å²) in [5.74, 6) is 0.953. The van der Waals surface area contributed by atoms with Gasteiger partial charge in [-0.3, -0.25) is 10.3 Å². The Bertz CT molecular complexity index is 657. The Morgan fingerprint density at radius 1 is 1.00 bits per heavy atom. The van der Waals surface area contributed by atoms with Crippen LogP contribution in [-0.4, -0.2) is 15.0 Å². The lowest BCUT2D eigenvalue weighted by atomic mass is 10.2. The second kappa shape index (κ2) is 5.43. The van der Waals surface area contributed by atoms with Gasteiger partial charge in [-0.2, -0.15) is 0 Å². The summed E-state index contributed by atoms with van der Waals surface area (Å²) in [6.45, 7) is 4.22. The Labute approximate surface area is 118 Å². The van der Waals surface area contributed by atoms with Gasteiger partial charge in [0.15, 0.2) is 0 Å². The number of nitrogens with one attached hydrogen (secondary N) is 2. The maximum Gasteiger partial charge on any atom is 0.124 e. The van der Waals surface area contributed by atoms with Gasteiger partial charge in [-0.05, 0) is 38.1 Å². The van der Waals surface area contributed by atoms with Crippen LogP contribution < -0.4 is 5.32 Å². The zero-order valence-corrected chi connectivity index (χ0v) is 11.7. The highest BCUT2D eigenvalue weighted by Gasteiger charge is 2.14. The third-order valence-corrected chi connectivity index (χ3v) is 3.45. The minimum Gasteiger partial charge on any atom is -0.341 e. The third kappa shape index (κ3) is 2.56. The molecule has 2 atom stereocenters. The normalized spacial score (nSPS) is 14.3. The smallest absolute Gasteiger partial charge is 0.124 e. The largest absolute Gasteiger partial charge is 0.341 e. The maximum atomic E-state index is 4.62. The fourth-order valence-corrected chi connectivity index (χ4v) is 2.35. The quantitative estimate of drug-likeness (QED) is 0.761. The van der Waals surface area contributed by atoms with Crippen LogP contribution in [0, 0.1) is 0 Å². The van der Waals surface area contributed by atoms with Gasteiger partial charge in [0.2, 0.25) is 0 Å². The molecule has 0 radical (unpaired) electrons. The molecule has 0 saturated heterocycles. The molecule has 3 rings (SSSR count). The van der Waals surface area contributed by atoms with E-state index in [2.05, 4.69) is 34.1 Å². The fraction of sp³-hybridized carbons (Fsp3) is 0.250. The zero-order chi connectivity index (χ0) is 13.9. The van der Waals surface area contributed by atoms with Crippen molar-refractivity contribution in [1.29, 1.82) is 0 Å². The number of benzene rings is 1. The molecule has 0 bridgehead atoms. The van der Waals surface area contributed by atoms with Crippen molar-refractivity contribution in [2.45, 2.75) is 25.9 Å². The number of hydrogen-bond donors (Lipinski definition) is 2. The second-order valence-corrected chi connectivity index (χ2v) is 5.00. The first-order chi connectivity index (χ1) is 9.74. The van der Waals surface area contributed by atoms with E-state index >= 15 is 0 Å².